The van der Waals surface area contributed by atoms with Crippen molar-refractivity contribution in [2.24, 2.45) is 11.8 Å². The van der Waals surface area contributed by atoms with Crippen molar-refractivity contribution in [2.75, 3.05) is 33.4 Å². The fourth-order valence-corrected chi connectivity index (χ4v) is 4.70. The Morgan fingerprint density at radius 1 is 1.16 bits per heavy atom. The lowest BCUT2D eigenvalue weighted by Gasteiger charge is -2.39. The maximum atomic E-state index is 13.1. The average Bonchev–Trinajstić information content (AvgIpc) is 2.77. The number of methoxy groups -OCH3 is 1. The number of carbonyl (C=O) groups is 1. The van der Waals surface area contributed by atoms with E-state index in [0.717, 1.165) is 50.2 Å². The quantitative estimate of drug-likeness (QED) is 0.550. The van der Waals surface area contributed by atoms with Gasteiger partial charge in [-0.15, -0.1) is 0 Å². The molecular weight excluding hydrogens is 405 g/mol. The minimum absolute atomic E-state index is 0.0296. The summed E-state index contributed by atoms with van der Waals surface area (Å²) in [5.74, 6) is 0.988. The van der Waals surface area contributed by atoms with Gasteiger partial charge in [-0.05, 0) is 78.6 Å². The zero-order valence-corrected chi connectivity index (χ0v) is 19.2. The van der Waals surface area contributed by atoms with Crippen molar-refractivity contribution >= 4 is 11.5 Å². The van der Waals surface area contributed by atoms with Gasteiger partial charge in [0.15, 0.2) is 0 Å². The third kappa shape index (κ3) is 5.21. The molecule has 2 aromatic carbocycles. The summed E-state index contributed by atoms with van der Waals surface area (Å²) in [5, 5.41) is 0. The molecule has 1 aliphatic carbocycles. The highest BCUT2D eigenvalue weighted by molar-refractivity contribution is 5.74. The predicted molar refractivity (Wildman–Crippen MR) is 124 cm³/mol. The molecule has 0 N–H and O–H groups in total. The fourth-order valence-electron chi connectivity index (χ4n) is 4.70. The van der Waals surface area contributed by atoms with E-state index in [0.29, 0.717) is 12.5 Å². The van der Waals surface area contributed by atoms with Crippen LogP contribution in [0.1, 0.15) is 37.0 Å². The van der Waals surface area contributed by atoms with Gasteiger partial charge < -0.3 is 9.47 Å². The van der Waals surface area contributed by atoms with Crippen molar-refractivity contribution in [3.63, 3.8) is 0 Å². The predicted octanol–water partition coefficient (Wildman–Crippen LogP) is 4.91. The minimum Gasteiger partial charge on any atom is -0.493 e. The molecule has 0 unspecified atom stereocenters. The molecule has 0 spiro atoms. The van der Waals surface area contributed by atoms with Gasteiger partial charge in [0.25, 0.3) is 0 Å². The lowest BCUT2D eigenvalue weighted by molar-refractivity contribution is -0.151. The van der Waals surface area contributed by atoms with Crippen molar-refractivity contribution in [1.29, 1.82) is 0 Å². The lowest BCUT2D eigenvalue weighted by atomic mass is 9.85. The number of halogens is 1. The molecule has 0 amide bonds. The minimum atomic E-state index is -0.200. The first kappa shape index (κ1) is 22.5. The lowest BCUT2D eigenvalue weighted by Crippen LogP contribution is -2.51. The molecule has 2 aliphatic rings. The Kier molecular flexibility index (Phi) is 6.95. The van der Waals surface area contributed by atoms with Crippen LogP contribution in [0.5, 0.6) is 5.75 Å². The molecule has 1 saturated heterocycles. The first-order valence-corrected chi connectivity index (χ1v) is 11.4. The van der Waals surface area contributed by atoms with Crippen LogP contribution in [0.25, 0.3) is 5.57 Å². The van der Waals surface area contributed by atoms with Crippen LogP contribution in [0, 0.1) is 17.7 Å². The topological polar surface area (TPSA) is 38.8 Å². The van der Waals surface area contributed by atoms with Gasteiger partial charge in [0.05, 0.1) is 19.6 Å². The molecule has 170 valence electrons. The van der Waals surface area contributed by atoms with E-state index < -0.39 is 0 Å². The van der Waals surface area contributed by atoms with Crippen molar-refractivity contribution in [1.82, 2.24) is 4.90 Å². The van der Waals surface area contributed by atoms with Crippen molar-refractivity contribution in [3.05, 3.63) is 70.5 Å². The summed E-state index contributed by atoms with van der Waals surface area (Å²) in [6.07, 6.45) is 2.92. The van der Waals surface area contributed by atoms with E-state index >= 15 is 0 Å². The van der Waals surface area contributed by atoms with Crippen LogP contribution < -0.4 is 4.74 Å². The van der Waals surface area contributed by atoms with Gasteiger partial charge in [0.1, 0.15) is 11.6 Å². The number of nitrogens with zero attached hydrogens (tertiary/aromatic N) is 1. The number of likely N-dealkylation sites (tertiary alicyclic amines) is 1. The molecule has 5 heteroatoms. The highest BCUT2D eigenvalue weighted by atomic mass is 19.1. The molecule has 0 radical (unpaired) electrons. The van der Waals surface area contributed by atoms with E-state index in [1.165, 1.54) is 41.5 Å². The first-order chi connectivity index (χ1) is 15.4. The molecule has 0 bridgehead atoms. The molecule has 1 fully saturated rings. The largest absolute Gasteiger partial charge is 0.493 e. The monoisotopic (exact) mass is 437 g/mol. The molecule has 0 aromatic heterocycles. The van der Waals surface area contributed by atoms with Crippen LogP contribution in [-0.4, -0.2) is 44.2 Å². The summed E-state index contributed by atoms with van der Waals surface area (Å²) in [6.45, 7) is 7.50. The second kappa shape index (κ2) is 9.86. The summed E-state index contributed by atoms with van der Waals surface area (Å²) >= 11 is 0. The standard InChI is InChI=1S/C27H32FNO3/c1-18(12-20-4-8-24(28)9-5-20)17-32-25-10-11-26-19(2)22(7-6-21(26)13-25)14-29-15-23(16-29)27(30)31-3/h4-5,8-11,13,18,23H,6-7,12,14-17H2,1-3H3/t18-/m0/s1. The SMILES string of the molecule is COC(=O)C1CN(CC2=C(C)c3ccc(OC[C@@H](C)Cc4ccc(F)cc4)cc3CC2)C1. The van der Waals surface area contributed by atoms with Gasteiger partial charge in [-0.2, -0.15) is 0 Å². The number of hydrogen-bond acceptors (Lipinski definition) is 4. The number of aryl methyl sites for hydroxylation is 1. The second-order valence-corrected chi connectivity index (χ2v) is 9.21. The Hall–Kier alpha value is -2.66. The maximum absolute atomic E-state index is 13.1. The number of allylic oxidation sites excluding steroid dienone is 1. The third-order valence-electron chi connectivity index (χ3n) is 6.65. The Morgan fingerprint density at radius 3 is 2.62 bits per heavy atom. The molecule has 4 rings (SSSR count). The van der Waals surface area contributed by atoms with Crippen LogP contribution in [0.15, 0.2) is 48.0 Å². The fraction of sp³-hybridized carbons (Fsp3) is 0.444. The highest BCUT2D eigenvalue weighted by Gasteiger charge is 2.34. The van der Waals surface area contributed by atoms with Gasteiger partial charge in [-0.3, -0.25) is 9.69 Å². The second-order valence-electron chi connectivity index (χ2n) is 9.21. The smallest absolute Gasteiger partial charge is 0.311 e. The number of esters is 1. The first-order valence-electron chi connectivity index (χ1n) is 11.4. The Morgan fingerprint density at radius 2 is 1.91 bits per heavy atom. The van der Waals surface area contributed by atoms with Crippen molar-refractivity contribution in [3.8, 4) is 5.75 Å². The Labute approximate surface area is 190 Å². The van der Waals surface area contributed by atoms with Crippen LogP contribution >= 0.6 is 0 Å². The molecule has 1 heterocycles. The van der Waals surface area contributed by atoms with E-state index in [4.69, 9.17) is 9.47 Å². The number of benzene rings is 2. The van der Waals surface area contributed by atoms with Gasteiger partial charge in [0.2, 0.25) is 0 Å². The Balaban J connectivity index is 1.32. The van der Waals surface area contributed by atoms with Crippen LogP contribution in [0.4, 0.5) is 4.39 Å². The molecular formula is C27H32FNO3. The third-order valence-corrected chi connectivity index (χ3v) is 6.65. The molecule has 1 aliphatic heterocycles. The van der Waals surface area contributed by atoms with E-state index in [9.17, 15) is 9.18 Å². The van der Waals surface area contributed by atoms with Gasteiger partial charge in [-0.25, -0.2) is 4.39 Å². The highest BCUT2D eigenvalue weighted by Crippen LogP contribution is 2.34. The molecule has 32 heavy (non-hydrogen) atoms. The van der Waals surface area contributed by atoms with Gasteiger partial charge in [0, 0.05) is 19.6 Å². The number of fused-ring (bicyclic) bond motifs is 1. The van der Waals surface area contributed by atoms with Crippen LogP contribution in [0.2, 0.25) is 0 Å². The molecule has 0 saturated carbocycles. The number of rotatable bonds is 8. The normalized spacial score (nSPS) is 17.5. The summed E-state index contributed by atoms with van der Waals surface area (Å²) in [4.78, 5) is 13.9. The number of carbonyl (C=O) groups excluding carboxylic acids is 1. The zero-order chi connectivity index (χ0) is 22.7. The zero-order valence-electron chi connectivity index (χ0n) is 19.2. The van der Waals surface area contributed by atoms with E-state index in [-0.39, 0.29) is 17.7 Å². The molecule has 2 aromatic rings. The molecule has 1 atom stereocenters. The number of hydrogen-bond donors (Lipinski definition) is 0. The van der Waals surface area contributed by atoms with E-state index in [1.807, 2.05) is 12.1 Å². The van der Waals surface area contributed by atoms with Crippen LogP contribution in [0.3, 0.4) is 0 Å². The summed E-state index contributed by atoms with van der Waals surface area (Å²) in [6, 6.07) is 13.1. The maximum Gasteiger partial charge on any atom is 0.311 e. The summed E-state index contributed by atoms with van der Waals surface area (Å²) in [7, 11) is 1.46. The Bertz CT molecular complexity index is 992. The van der Waals surface area contributed by atoms with Gasteiger partial charge in [-0.1, -0.05) is 30.7 Å². The molecule has 4 nitrogen and oxygen atoms in total. The van der Waals surface area contributed by atoms with E-state index in [2.05, 4.69) is 36.9 Å². The van der Waals surface area contributed by atoms with Crippen LogP contribution in [-0.2, 0) is 22.4 Å². The van der Waals surface area contributed by atoms with E-state index in [1.54, 1.807) is 0 Å². The van der Waals surface area contributed by atoms with Crippen molar-refractivity contribution in [2.45, 2.75) is 33.1 Å². The van der Waals surface area contributed by atoms with Gasteiger partial charge >= 0.3 is 5.97 Å². The van der Waals surface area contributed by atoms with Crippen molar-refractivity contribution < 1.29 is 18.7 Å². The number of ether oxygens (including phenoxy) is 2. The summed E-state index contributed by atoms with van der Waals surface area (Å²) in [5.41, 5.74) is 6.58. The average molecular weight is 438 g/mol. The summed E-state index contributed by atoms with van der Waals surface area (Å²) < 4.78 is 24.0.